The lowest BCUT2D eigenvalue weighted by atomic mass is 10.0. The molecule has 0 saturated carbocycles. The van der Waals surface area contributed by atoms with Crippen molar-refractivity contribution in [1.29, 1.82) is 0 Å². The van der Waals surface area contributed by atoms with Gasteiger partial charge < -0.3 is 4.74 Å². The number of hydrogen-bond donors (Lipinski definition) is 1. The third-order valence-electron chi connectivity index (χ3n) is 2.23. The van der Waals surface area contributed by atoms with E-state index in [1.54, 1.807) is 0 Å². The molecule has 0 spiro atoms. The fourth-order valence-corrected chi connectivity index (χ4v) is 1.34. The Kier molecular flexibility index (Phi) is 14.4. The van der Waals surface area contributed by atoms with Crippen molar-refractivity contribution in [2.75, 3.05) is 6.61 Å². The summed E-state index contributed by atoms with van der Waals surface area (Å²) in [5.74, 6) is 1.06. The molecule has 1 aliphatic heterocycles. The molecule has 1 saturated heterocycles. The maximum Gasteiger partial charge on any atom is 0.118 e. The van der Waals surface area contributed by atoms with Gasteiger partial charge in [-0.05, 0) is 51.7 Å². The van der Waals surface area contributed by atoms with Gasteiger partial charge in [-0.2, -0.15) is 0 Å². The van der Waals surface area contributed by atoms with Crippen LogP contribution in [0.3, 0.4) is 0 Å². The molecular weight excluding hydrogens is 266 g/mol. The monoisotopic (exact) mass is 299 g/mol. The van der Waals surface area contributed by atoms with Gasteiger partial charge in [0.25, 0.3) is 0 Å². The van der Waals surface area contributed by atoms with Crippen molar-refractivity contribution in [1.82, 2.24) is 0 Å². The minimum atomic E-state index is 0.236. The molecule has 0 aromatic carbocycles. The quantitative estimate of drug-likeness (QED) is 0.672. The van der Waals surface area contributed by atoms with E-state index in [2.05, 4.69) is 40.3 Å². The van der Waals surface area contributed by atoms with E-state index in [0.717, 1.165) is 31.6 Å². The SMILES string of the molecule is C=C/C=C1/CCCO/C1=C/CC.CC.CC(C)(C)SN. The molecule has 0 radical (unpaired) electrons. The van der Waals surface area contributed by atoms with Crippen LogP contribution in [0.25, 0.3) is 0 Å². The maximum atomic E-state index is 5.53. The van der Waals surface area contributed by atoms with Gasteiger partial charge in [0.15, 0.2) is 0 Å². The van der Waals surface area contributed by atoms with Crippen LogP contribution in [0.15, 0.2) is 36.1 Å². The number of hydrogen-bond acceptors (Lipinski definition) is 3. The molecule has 118 valence electrons. The minimum Gasteiger partial charge on any atom is -0.494 e. The smallest absolute Gasteiger partial charge is 0.118 e. The van der Waals surface area contributed by atoms with Crippen LogP contribution in [-0.2, 0) is 4.74 Å². The molecule has 1 aliphatic rings. The fourth-order valence-electron chi connectivity index (χ4n) is 1.34. The highest BCUT2D eigenvalue weighted by Gasteiger charge is 2.10. The summed E-state index contributed by atoms with van der Waals surface area (Å²) in [6.07, 6.45) is 9.28. The van der Waals surface area contributed by atoms with E-state index >= 15 is 0 Å². The molecule has 1 rings (SSSR count). The molecule has 0 bridgehead atoms. The maximum absolute atomic E-state index is 5.53. The summed E-state index contributed by atoms with van der Waals surface area (Å²) >= 11 is 1.38. The summed E-state index contributed by atoms with van der Waals surface area (Å²) < 4.78 is 5.76. The van der Waals surface area contributed by atoms with E-state index in [9.17, 15) is 0 Å². The van der Waals surface area contributed by atoms with Gasteiger partial charge in [0, 0.05) is 4.75 Å². The summed E-state index contributed by atoms with van der Waals surface area (Å²) in [7, 11) is 0. The Morgan fingerprint density at radius 1 is 1.35 bits per heavy atom. The number of nitrogens with two attached hydrogens (primary N) is 1. The molecule has 1 fully saturated rings. The highest BCUT2D eigenvalue weighted by molar-refractivity contribution is 7.98. The van der Waals surface area contributed by atoms with E-state index in [0.29, 0.717) is 0 Å². The van der Waals surface area contributed by atoms with Gasteiger partial charge in [-0.1, -0.05) is 51.5 Å². The van der Waals surface area contributed by atoms with Crippen LogP contribution in [-0.4, -0.2) is 11.4 Å². The normalized spacial score (nSPS) is 18.4. The largest absolute Gasteiger partial charge is 0.494 e. The van der Waals surface area contributed by atoms with Crippen molar-refractivity contribution in [3.05, 3.63) is 36.1 Å². The van der Waals surface area contributed by atoms with Gasteiger partial charge >= 0.3 is 0 Å². The van der Waals surface area contributed by atoms with Gasteiger partial charge in [-0.3, -0.25) is 5.14 Å². The number of rotatable bonds is 2. The van der Waals surface area contributed by atoms with E-state index < -0.39 is 0 Å². The summed E-state index contributed by atoms with van der Waals surface area (Å²) in [6.45, 7) is 16.9. The van der Waals surface area contributed by atoms with Gasteiger partial charge in [-0.25, -0.2) is 0 Å². The molecule has 0 aliphatic carbocycles. The lowest BCUT2D eigenvalue weighted by Crippen LogP contribution is -2.09. The Morgan fingerprint density at radius 2 is 1.90 bits per heavy atom. The summed E-state index contributed by atoms with van der Waals surface area (Å²) in [6, 6.07) is 0. The summed E-state index contributed by atoms with van der Waals surface area (Å²) in [4.78, 5) is 0. The Morgan fingerprint density at radius 3 is 2.30 bits per heavy atom. The molecule has 20 heavy (non-hydrogen) atoms. The summed E-state index contributed by atoms with van der Waals surface area (Å²) in [5.41, 5.74) is 1.29. The molecule has 3 heteroatoms. The van der Waals surface area contributed by atoms with Crippen molar-refractivity contribution >= 4 is 11.9 Å². The first kappa shape index (κ1) is 21.6. The standard InChI is InChI=1S/C11H16O.C4H11NS.C2H6/c1-3-6-10-8-5-9-12-11(10)7-4-2;1-4(2,3)6-5;1-2/h3,6-7H,1,4-5,8-9H2,2H3;5H2,1-3H3;1-2H3/b10-6-,11-7+;;. The van der Waals surface area contributed by atoms with Crippen LogP contribution in [0.5, 0.6) is 0 Å². The van der Waals surface area contributed by atoms with Crippen molar-refractivity contribution < 1.29 is 4.74 Å². The fraction of sp³-hybridized carbons (Fsp3) is 0.647. The first-order valence-electron chi connectivity index (χ1n) is 7.47. The zero-order valence-corrected chi connectivity index (χ0v) is 15.0. The van der Waals surface area contributed by atoms with Gasteiger partial charge in [-0.15, -0.1) is 0 Å². The van der Waals surface area contributed by atoms with Crippen LogP contribution in [0.2, 0.25) is 0 Å². The first-order valence-corrected chi connectivity index (χ1v) is 8.35. The predicted molar refractivity (Wildman–Crippen MR) is 94.7 cm³/mol. The van der Waals surface area contributed by atoms with E-state index in [1.165, 1.54) is 17.5 Å². The molecule has 0 aromatic rings. The van der Waals surface area contributed by atoms with Crippen LogP contribution < -0.4 is 5.14 Å². The second kappa shape index (κ2) is 13.3. The molecule has 2 N–H and O–H groups in total. The van der Waals surface area contributed by atoms with Crippen LogP contribution >= 0.6 is 11.9 Å². The van der Waals surface area contributed by atoms with Crippen LogP contribution in [0, 0.1) is 0 Å². The van der Waals surface area contributed by atoms with E-state index in [-0.39, 0.29) is 4.75 Å². The van der Waals surface area contributed by atoms with Gasteiger partial charge in [0.2, 0.25) is 0 Å². The number of allylic oxidation sites excluding steroid dienone is 4. The van der Waals surface area contributed by atoms with E-state index in [1.807, 2.05) is 26.0 Å². The Bertz CT molecular complexity index is 301. The molecule has 1 heterocycles. The molecule has 2 nitrogen and oxygen atoms in total. The van der Waals surface area contributed by atoms with Crippen LogP contribution in [0.1, 0.15) is 60.8 Å². The van der Waals surface area contributed by atoms with Crippen molar-refractivity contribution in [3.8, 4) is 0 Å². The molecule has 0 aromatic heterocycles. The number of ether oxygens (including phenoxy) is 1. The van der Waals surface area contributed by atoms with Crippen LogP contribution in [0.4, 0.5) is 0 Å². The second-order valence-electron chi connectivity index (χ2n) is 5.09. The van der Waals surface area contributed by atoms with Gasteiger partial charge in [0.05, 0.1) is 6.61 Å². The Labute approximate surface area is 130 Å². The Hall–Kier alpha value is -0.670. The third-order valence-corrected chi connectivity index (χ3v) is 2.93. The van der Waals surface area contributed by atoms with Crippen molar-refractivity contribution in [2.45, 2.75) is 65.6 Å². The molecule has 0 atom stereocenters. The first-order chi connectivity index (χ1) is 9.44. The Balaban J connectivity index is 0. The zero-order chi connectivity index (χ0) is 16.0. The lowest BCUT2D eigenvalue weighted by Gasteiger charge is -2.19. The molecule has 0 unspecified atom stereocenters. The highest BCUT2D eigenvalue weighted by Crippen LogP contribution is 2.23. The van der Waals surface area contributed by atoms with E-state index in [4.69, 9.17) is 9.88 Å². The third kappa shape index (κ3) is 12.4. The molecular formula is C17H33NOS. The molecule has 0 amide bonds. The van der Waals surface area contributed by atoms with Crippen molar-refractivity contribution in [3.63, 3.8) is 0 Å². The van der Waals surface area contributed by atoms with Crippen molar-refractivity contribution in [2.24, 2.45) is 5.14 Å². The van der Waals surface area contributed by atoms with Gasteiger partial charge in [0.1, 0.15) is 5.76 Å². The average molecular weight is 300 g/mol. The average Bonchev–Trinajstić information content (AvgIpc) is 2.44. The highest BCUT2D eigenvalue weighted by atomic mass is 32.2. The lowest BCUT2D eigenvalue weighted by molar-refractivity contribution is 0.193. The minimum absolute atomic E-state index is 0.236. The summed E-state index contributed by atoms with van der Waals surface area (Å²) in [5, 5.41) is 5.22. The second-order valence-corrected chi connectivity index (χ2v) is 6.55. The zero-order valence-electron chi connectivity index (χ0n) is 14.2. The topological polar surface area (TPSA) is 35.2 Å². The predicted octanol–water partition coefficient (Wildman–Crippen LogP) is 5.62.